The largest absolute Gasteiger partial charge is 0.394 e. The van der Waals surface area contributed by atoms with Crippen molar-refractivity contribution in [2.75, 3.05) is 13.2 Å². The van der Waals surface area contributed by atoms with Crippen molar-refractivity contribution in [3.63, 3.8) is 0 Å². The average Bonchev–Trinajstić information content (AvgIpc) is 3.38. The third-order valence-corrected chi connectivity index (χ3v) is 17.8. The van der Waals surface area contributed by atoms with Crippen LogP contribution in [0.15, 0.2) is 12.2 Å². The minimum atomic E-state index is -1.64. The number of allylic oxidation sites excluding steroid dienone is 1. The zero-order chi connectivity index (χ0) is 39.2. The summed E-state index contributed by atoms with van der Waals surface area (Å²) in [5, 5.41) is 76.1. The van der Waals surface area contributed by atoms with Crippen LogP contribution in [0.1, 0.15) is 107 Å². The first-order chi connectivity index (χ1) is 25.1. The molecule has 20 atom stereocenters. The van der Waals surface area contributed by atoms with Crippen molar-refractivity contribution < 1.29 is 59.4 Å². The van der Waals surface area contributed by atoms with E-state index in [0.29, 0.717) is 13.0 Å². The summed E-state index contributed by atoms with van der Waals surface area (Å²) < 4.78 is 31.3. The zero-order valence-electron chi connectivity index (χ0n) is 33.6. The summed E-state index contributed by atoms with van der Waals surface area (Å²) >= 11 is 0. The van der Waals surface area contributed by atoms with E-state index in [2.05, 4.69) is 60.6 Å². The van der Waals surface area contributed by atoms with Crippen molar-refractivity contribution in [2.24, 2.45) is 50.2 Å². The van der Waals surface area contributed by atoms with E-state index in [9.17, 15) is 35.7 Å². The fourth-order valence-corrected chi connectivity index (χ4v) is 14.3. The monoisotopic (exact) mass is 764 g/mol. The topological polar surface area (TPSA) is 188 Å². The smallest absolute Gasteiger partial charge is 0.187 e. The number of aliphatic hydroxyl groups excluding tert-OH is 7. The van der Waals surface area contributed by atoms with Crippen molar-refractivity contribution in [1.82, 2.24) is 0 Å². The molecule has 7 N–H and O–H groups in total. The number of ether oxygens (including phenoxy) is 5. The summed E-state index contributed by atoms with van der Waals surface area (Å²) in [7, 11) is 0. The number of rotatable bonds is 5. The predicted molar refractivity (Wildman–Crippen MR) is 195 cm³/mol. The molecule has 54 heavy (non-hydrogen) atoms. The molecule has 4 unspecified atom stereocenters. The third kappa shape index (κ3) is 5.24. The van der Waals surface area contributed by atoms with Crippen LogP contribution in [0.3, 0.4) is 0 Å². The molecule has 0 aromatic heterocycles. The Bertz CT molecular complexity index is 1470. The van der Waals surface area contributed by atoms with E-state index in [-0.39, 0.29) is 56.3 Å². The minimum absolute atomic E-state index is 0.0839. The molecule has 0 amide bonds. The molecule has 12 heteroatoms. The van der Waals surface area contributed by atoms with Crippen LogP contribution in [0.25, 0.3) is 0 Å². The van der Waals surface area contributed by atoms with Gasteiger partial charge in [0.15, 0.2) is 12.6 Å². The normalized spacial score (nSPS) is 58.8. The highest BCUT2D eigenvalue weighted by molar-refractivity contribution is 5.36. The average molecular weight is 765 g/mol. The van der Waals surface area contributed by atoms with Gasteiger partial charge in [0.25, 0.3) is 0 Å². The van der Waals surface area contributed by atoms with Crippen LogP contribution in [0.5, 0.6) is 0 Å². The molecule has 0 aromatic carbocycles. The van der Waals surface area contributed by atoms with Gasteiger partial charge in [0, 0.05) is 16.7 Å². The molecular formula is C42H68O12. The Morgan fingerprint density at radius 1 is 0.722 bits per heavy atom. The summed E-state index contributed by atoms with van der Waals surface area (Å²) in [5.41, 5.74) is -1.17. The van der Waals surface area contributed by atoms with Crippen molar-refractivity contribution in [2.45, 2.75) is 186 Å². The fourth-order valence-electron chi connectivity index (χ4n) is 14.3. The summed E-state index contributed by atoms with van der Waals surface area (Å²) in [6, 6.07) is 0. The van der Waals surface area contributed by atoms with E-state index in [1.54, 1.807) is 0 Å². The van der Waals surface area contributed by atoms with Gasteiger partial charge >= 0.3 is 0 Å². The molecule has 12 nitrogen and oxygen atoms in total. The molecule has 4 saturated carbocycles. The van der Waals surface area contributed by atoms with Crippen molar-refractivity contribution in [3.05, 3.63) is 12.2 Å². The second kappa shape index (κ2) is 12.9. The van der Waals surface area contributed by atoms with Crippen molar-refractivity contribution >= 4 is 0 Å². The third-order valence-electron chi connectivity index (χ3n) is 17.8. The lowest BCUT2D eigenvalue weighted by Gasteiger charge is -2.73. The van der Waals surface area contributed by atoms with Crippen LogP contribution in [0.2, 0.25) is 0 Å². The minimum Gasteiger partial charge on any atom is -0.394 e. The molecule has 0 aromatic rings. The molecule has 3 saturated heterocycles. The van der Waals surface area contributed by atoms with Gasteiger partial charge in [-0.05, 0) is 91.8 Å². The molecule has 308 valence electrons. The molecule has 3 aliphatic heterocycles. The Balaban J connectivity index is 1.04. The Morgan fingerprint density at radius 3 is 2.13 bits per heavy atom. The van der Waals surface area contributed by atoms with Gasteiger partial charge in [-0.3, -0.25) is 0 Å². The lowest BCUT2D eigenvalue weighted by molar-refractivity contribution is -0.367. The maximum absolute atomic E-state index is 12.1. The molecule has 5 aliphatic carbocycles. The second-order valence-electron chi connectivity index (χ2n) is 21.1. The first kappa shape index (κ1) is 40.1. The lowest BCUT2D eigenvalue weighted by Crippen LogP contribution is -2.72. The van der Waals surface area contributed by atoms with Gasteiger partial charge in [0.1, 0.15) is 42.7 Å². The van der Waals surface area contributed by atoms with Crippen LogP contribution >= 0.6 is 0 Å². The number of hydrogen-bond acceptors (Lipinski definition) is 12. The lowest BCUT2D eigenvalue weighted by atomic mass is 9.32. The van der Waals surface area contributed by atoms with Gasteiger partial charge in [0.05, 0.1) is 37.1 Å². The highest BCUT2D eigenvalue weighted by Gasteiger charge is 2.79. The summed E-state index contributed by atoms with van der Waals surface area (Å²) in [5.74, 6) is 0.787. The highest BCUT2D eigenvalue weighted by Crippen LogP contribution is 2.79. The van der Waals surface area contributed by atoms with Crippen LogP contribution in [-0.2, 0) is 23.7 Å². The highest BCUT2D eigenvalue weighted by atomic mass is 16.7. The van der Waals surface area contributed by atoms with E-state index in [1.165, 1.54) is 6.92 Å². The molecule has 1 spiro atoms. The summed E-state index contributed by atoms with van der Waals surface area (Å²) in [6.45, 7) is 18.2. The van der Waals surface area contributed by atoms with Gasteiger partial charge in [-0.25, -0.2) is 0 Å². The SMILES string of the molecule is C[C@H]1O[C@@H](O[C@H]2[C@@H](O)[C@@H](CO)O[C@@H](O[C@H]3CC[C@@]4(C)C(CC[C@]5(C)C4C=CC46OC[C@@]7(CCC(C)(C)CC47)[C@@H](O)C[C@]65C)C3(C)C)[C@@H]2O)[C@H](O)[C@@H](O)[C@@H]1O. The van der Waals surface area contributed by atoms with Crippen LogP contribution in [0, 0.1) is 50.2 Å². The van der Waals surface area contributed by atoms with Gasteiger partial charge in [0.2, 0.25) is 0 Å². The first-order valence-electron chi connectivity index (χ1n) is 20.8. The van der Waals surface area contributed by atoms with E-state index in [4.69, 9.17) is 23.7 Å². The number of aliphatic hydroxyl groups is 7. The fraction of sp³-hybridized carbons (Fsp3) is 0.952. The van der Waals surface area contributed by atoms with Crippen LogP contribution in [0.4, 0.5) is 0 Å². The van der Waals surface area contributed by atoms with Crippen molar-refractivity contribution in [3.8, 4) is 0 Å². The Kier molecular flexibility index (Phi) is 9.55. The quantitative estimate of drug-likeness (QED) is 0.161. The van der Waals surface area contributed by atoms with Gasteiger partial charge in [-0.15, -0.1) is 0 Å². The molecule has 8 rings (SSSR count). The summed E-state index contributed by atoms with van der Waals surface area (Å²) in [6.07, 6.45) is -2.00. The molecule has 3 heterocycles. The van der Waals surface area contributed by atoms with E-state index in [0.717, 1.165) is 44.9 Å². The van der Waals surface area contributed by atoms with Gasteiger partial charge in [-0.2, -0.15) is 0 Å². The maximum atomic E-state index is 12.1. The van der Waals surface area contributed by atoms with Crippen LogP contribution < -0.4 is 0 Å². The Hall–Kier alpha value is -0.740. The molecule has 7 fully saturated rings. The zero-order valence-corrected chi connectivity index (χ0v) is 33.6. The molecular weight excluding hydrogens is 696 g/mol. The number of fused-ring (bicyclic) bond motifs is 4. The number of hydrogen-bond donors (Lipinski definition) is 7. The van der Waals surface area contributed by atoms with Crippen LogP contribution in [-0.4, -0.2) is 128 Å². The maximum Gasteiger partial charge on any atom is 0.187 e. The second-order valence-corrected chi connectivity index (χ2v) is 21.1. The van der Waals surface area contributed by atoms with E-state index < -0.39 is 79.7 Å². The van der Waals surface area contributed by atoms with E-state index >= 15 is 0 Å². The van der Waals surface area contributed by atoms with Gasteiger partial charge < -0.3 is 59.4 Å². The van der Waals surface area contributed by atoms with Crippen molar-refractivity contribution in [1.29, 1.82) is 0 Å². The molecule has 2 bridgehead atoms. The Labute approximate surface area is 320 Å². The standard InChI is InChI=1S/C42H68O12/c1-21-28(45)30(47)31(48)34(51-21)54-33-29(46)22(19-43)52-35(32(33)49)53-27-11-12-38(6)23(37(27,4)5)9-13-39(7)24(38)10-14-42-25-17-36(2,3)15-16-41(25,20-50-42)26(44)18-40(39,42)8/h10,14,21-35,43-49H,9,11-13,15-20H2,1-8H3/t21-,22-,23?,24?,25?,26+,27+,28-,29+,30+,31-,32-,33+,34+,35+,38+,39-,40+,41-,42?/m1/s1. The molecule has 0 radical (unpaired) electrons. The Morgan fingerprint density at radius 2 is 1.43 bits per heavy atom. The predicted octanol–water partition coefficient (Wildman–Crippen LogP) is 2.80. The van der Waals surface area contributed by atoms with Gasteiger partial charge in [-0.1, -0.05) is 60.6 Å². The molecule has 8 aliphatic rings. The summed E-state index contributed by atoms with van der Waals surface area (Å²) in [4.78, 5) is 0. The first-order valence-corrected chi connectivity index (χ1v) is 20.8. The van der Waals surface area contributed by atoms with E-state index in [1.807, 2.05) is 0 Å².